The first-order valence-electron chi connectivity index (χ1n) is 7.39. The summed E-state index contributed by atoms with van der Waals surface area (Å²) in [4.78, 5) is 23.4. The molecule has 0 saturated carbocycles. The Morgan fingerprint density at radius 2 is 1.80 bits per heavy atom. The predicted octanol–water partition coefficient (Wildman–Crippen LogP) is 1.99. The summed E-state index contributed by atoms with van der Waals surface area (Å²) in [7, 11) is 0. The molecule has 0 bridgehead atoms. The van der Waals surface area contributed by atoms with Gasteiger partial charge < -0.3 is 10.1 Å². The lowest BCUT2D eigenvalue weighted by molar-refractivity contribution is -0.136. The number of aryl methyl sites for hydroxylation is 1. The van der Waals surface area contributed by atoms with Crippen molar-refractivity contribution in [2.24, 2.45) is 5.10 Å². The standard InChI is InChI=1S/C18H16N4O3/c1-13-2-6-15(7-3-13)21-17(23)18(24)22-20-12-14-4-8-16(9-5-14)25-11-10-19/h2-9,12H,11H2,1H3,(H,21,23)(H,22,24)/b20-12-. The van der Waals surface area contributed by atoms with Crippen molar-refractivity contribution in [1.82, 2.24) is 5.43 Å². The third-order valence-corrected chi connectivity index (χ3v) is 3.08. The number of hydrogen-bond acceptors (Lipinski definition) is 5. The maximum atomic E-state index is 11.7. The fraction of sp³-hybridized carbons (Fsp3) is 0.111. The molecule has 0 radical (unpaired) electrons. The Bertz CT molecular complexity index is 806. The van der Waals surface area contributed by atoms with Crippen molar-refractivity contribution in [2.45, 2.75) is 6.92 Å². The van der Waals surface area contributed by atoms with E-state index in [-0.39, 0.29) is 6.61 Å². The molecule has 7 nitrogen and oxygen atoms in total. The average Bonchev–Trinajstić information content (AvgIpc) is 2.62. The van der Waals surface area contributed by atoms with Crippen molar-refractivity contribution in [3.05, 3.63) is 59.7 Å². The highest BCUT2D eigenvalue weighted by Crippen LogP contribution is 2.10. The largest absolute Gasteiger partial charge is 0.479 e. The van der Waals surface area contributed by atoms with Gasteiger partial charge in [-0.05, 0) is 48.9 Å². The smallest absolute Gasteiger partial charge is 0.329 e. The van der Waals surface area contributed by atoms with E-state index in [2.05, 4.69) is 15.8 Å². The highest BCUT2D eigenvalue weighted by molar-refractivity contribution is 6.39. The van der Waals surface area contributed by atoms with E-state index >= 15 is 0 Å². The Labute approximate surface area is 144 Å². The van der Waals surface area contributed by atoms with Crippen LogP contribution in [0, 0.1) is 18.3 Å². The van der Waals surface area contributed by atoms with Gasteiger partial charge in [-0.15, -0.1) is 0 Å². The number of nitrogens with one attached hydrogen (secondary N) is 2. The van der Waals surface area contributed by atoms with Gasteiger partial charge in [0, 0.05) is 5.69 Å². The number of hydrazone groups is 1. The van der Waals surface area contributed by atoms with Crippen LogP contribution in [0.25, 0.3) is 0 Å². The summed E-state index contributed by atoms with van der Waals surface area (Å²) in [6.07, 6.45) is 1.39. The van der Waals surface area contributed by atoms with Crippen LogP contribution >= 0.6 is 0 Å². The van der Waals surface area contributed by atoms with Crippen LogP contribution < -0.4 is 15.5 Å². The number of carbonyl (C=O) groups excluding carboxylic acids is 2. The van der Waals surface area contributed by atoms with Crippen LogP contribution in [0.15, 0.2) is 53.6 Å². The van der Waals surface area contributed by atoms with E-state index < -0.39 is 11.8 Å². The van der Waals surface area contributed by atoms with Crippen LogP contribution in [-0.4, -0.2) is 24.6 Å². The molecule has 0 saturated heterocycles. The highest BCUT2D eigenvalue weighted by atomic mass is 16.5. The molecule has 25 heavy (non-hydrogen) atoms. The molecule has 0 fully saturated rings. The molecular weight excluding hydrogens is 320 g/mol. The second kappa shape index (κ2) is 8.84. The number of ether oxygens (including phenoxy) is 1. The second-order valence-corrected chi connectivity index (χ2v) is 5.04. The number of hydrogen-bond donors (Lipinski definition) is 2. The number of rotatable bonds is 5. The van der Waals surface area contributed by atoms with Gasteiger partial charge in [0.1, 0.15) is 11.8 Å². The average molecular weight is 336 g/mol. The van der Waals surface area contributed by atoms with Gasteiger partial charge in [-0.3, -0.25) is 9.59 Å². The van der Waals surface area contributed by atoms with E-state index in [1.165, 1.54) is 6.21 Å². The number of anilines is 1. The lowest BCUT2D eigenvalue weighted by Gasteiger charge is -2.04. The van der Waals surface area contributed by atoms with Crippen molar-refractivity contribution in [2.75, 3.05) is 11.9 Å². The Morgan fingerprint density at radius 1 is 1.12 bits per heavy atom. The maximum absolute atomic E-state index is 11.7. The highest BCUT2D eigenvalue weighted by Gasteiger charge is 2.12. The van der Waals surface area contributed by atoms with Gasteiger partial charge in [-0.25, -0.2) is 5.43 Å². The Morgan fingerprint density at radius 3 is 2.44 bits per heavy atom. The monoisotopic (exact) mass is 336 g/mol. The summed E-state index contributed by atoms with van der Waals surface area (Å²) in [6.45, 7) is 1.90. The Balaban J connectivity index is 1.84. The van der Waals surface area contributed by atoms with E-state index in [1.807, 2.05) is 25.1 Å². The Kier molecular flexibility index (Phi) is 6.25. The molecule has 126 valence electrons. The zero-order valence-electron chi connectivity index (χ0n) is 13.5. The number of nitrogens with zero attached hydrogens (tertiary/aromatic N) is 2. The molecule has 2 aromatic carbocycles. The summed E-state index contributed by atoms with van der Waals surface area (Å²) >= 11 is 0. The molecule has 2 aromatic rings. The van der Waals surface area contributed by atoms with Crippen molar-refractivity contribution >= 4 is 23.7 Å². The zero-order valence-corrected chi connectivity index (χ0v) is 13.5. The molecule has 2 amide bonds. The molecule has 0 spiro atoms. The van der Waals surface area contributed by atoms with Gasteiger partial charge >= 0.3 is 11.8 Å². The molecule has 0 aliphatic heterocycles. The van der Waals surface area contributed by atoms with Crippen molar-refractivity contribution < 1.29 is 14.3 Å². The van der Waals surface area contributed by atoms with E-state index in [0.29, 0.717) is 17.0 Å². The summed E-state index contributed by atoms with van der Waals surface area (Å²) in [5.41, 5.74) is 4.44. The summed E-state index contributed by atoms with van der Waals surface area (Å²) < 4.78 is 5.12. The number of carbonyl (C=O) groups is 2. The molecular formula is C18H16N4O3. The Hall–Kier alpha value is -3.66. The lowest BCUT2D eigenvalue weighted by atomic mass is 10.2. The molecule has 2 rings (SSSR count). The van der Waals surface area contributed by atoms with Gasteiger partial charge in [0.2, 0.25) is 0 Å². The van der Waals surface area contributed by atoms with Crippen LogP contribution in [0.1, 0.15) is 11.1 Å². The fourth-order valence-corrected chi connectivity index (χ4v) is 1.81. The van der Waals surface area contributed by atoms with Crippen molar-refractivity contribution in [1.29, 1.82) is 5.26 Å². The van der Waals surface area contributed by atoms with Crippen LogP contribution in [0.2, 0.25) is 0 Å². The SMILES string of the molecule is Cc1ccc(NC(=O)C(=O)N/N=C\c2ccc(OCC#N)cc2)cc1. The van der Waals surface area contributed by atoms with Gasteiger partial charge in [-0.1, -0.05) is 17.7 Å². The minimum absolute atomic E-state index is 0.0282. The van der Waals surface area contributed by atoms with E-state index in [1.54, 1.807) is 36.4 Å². The number of nitriles is 1. The van der Waals surface area contributed by atoms with E-state index in [4.69, 9.17) is 10.00 Å². The summed E-state index contributed by atoms with van der Waals surface area (Å²) in [5.74, 6) is -1.12. The maximum Gasteiger partial charge on any atom is 0.329 e. The van der Waals surface area contributed by atoms with Crippen LogP contribution in [-0.2, 0) is 9.59 Å². The van der Waals surface area contributed by atoms with Gasteiger partial charge in [-0.2, -0.15) is 10.4 Å². The minimum Gasteiger partial charge on any atom is -0.479 e. The van der Waals surface area contributed by atoms with Gasteiger partial charge in [0.25, 0.3) is 0 Å². The van der Waals surface area contributed by atoms with E-state index in [0.717, 1.165) is 5.56 Å². The van der Waals surface area contributed by atoms with Crippen molar-refractivity contribution in [3.8, 4) is 11.8 Å². The van der Waals surface area contributed by atoms with Gasteiger partial charge in [0.05, 0.1) is 6.21 Å². The molecule has 0 unspecified atom stereocenters. The summed E-state index contributed by atoms with van der Waals surface area (Å²) in [6, 6.07) is 15.7. The first-order valence-corrected chi connectivity index (χ1v) is 7.39. The molecule has 0 aliphatic rings. The molecule has 0 atom stereocenters. The van der Waals surface area contributed by atoms with Crippen molar-refractivity contribution in [3.63, 3.8) is 0 Å². The zero-order chi connectivity index (χ0) is 18.1. The van der Waals surface area contributed by atoms with E-state index in [9.17, 15) is 9.59 Å². The topological polar surface area (TPSA) is 104 Å². The summed E-state index contributed by atoms with van der Waals surface area (Å²) in [5, 5.41) is 14.6. The minimum atomic E-state index is -0.870. The molecule has 7 heteroatoms. The number of benzene rings is 2. The first-order chi connectivity index (χ1) is 12.1. The lowest BCUT2D eigenvalue weighted by Crippen LogP contribution is -2.32. The van der Waals surface area contributed by atoms with Crippen LogP contribution in [0.5, 0.6) is 5.75 Å². The van der Waals surface area contributed by atoms with Crippen LogP contribution in [0.4, 0.5) is 5.69 Å². The normalized spacial score (nSPS) is 10.1. The molecule has 0 heterocycles. The first kappa shape index (κ1) is 17.7. The quantitative estimate of drug-likeness (QED) is 0.495. The van der Waals surface area contributed by atoms with Gasteiger partial charge in [0.15, 0.2) is 6.61 Å². The second-order valence-electron chi connectivity index (χ2n) is 5.04. The molecule has 2 N–H and O–H groups in total. The fourth-order valence-electron chi connectivity index (χ4n) is 1.81. The molecule has 0 aliphatic carbocycles. The third-order valence-electron chi connectivity index (χ3n) is 3.08. The third kappa shape index (κ3) is 5.80. The number of amides is 2. The van der Waals surface area contributed by atoms with Crippen LogP contribution in [0.3, 0.4) is 0 Å². The molecule has 0 aromatic heterocycles. The predicted molar refractivity (Wildman–Crippen MR) is 93.1 cm³/mol.